The van der Waals surface area contributed by atoms with Gasteiger partial charge in [0.25, 0.3) is 0 Å². The van der Waals surface area contributed by atoms with Gasteiger partial charge in [0, 0.05) is 14.2 Å². The van der Waals surface area contributed by atoms with Crippen LogP contribution in [0.5, 0.6) is 0 Å². The highest BCUT2D eigenvalue weighted by Gasteiger charge is 1.72. The van der Waals surface area contributed by atoms with E-state index in [1.807, 2.05) is 54.6 Å². The average molecular weight is 216 g/mol. The standard InChI is InChI=1S/C7H8.C6H6.C2H6O/c1-7-5-3-2-4-6-7;1-2-4-6-5-3-1;1-3-2/h2-6H,1H3;1-6H;1-2H3. The van der Waals surface area contributed by atoms with Gasteiger partial charge in [0.2, 0.25) is 0 Å². The number of hydrogen-bond donors (Lipinski definition) is 0. The second-order valence-electron chi connectivity index (χ2n) is 3.22. The maximum absolute atomic E-state index is 4.25. The fraction of sp³-hybridized carbons (Fsp3) is 0.200. The predicted molar refractivity (Wildman–Crippen MR) is 70.6 cm³/mol. The van der Waals surface area contributed by atoms with Crippen LogP contribution in [-0.2, 0) is 4.74 Å². The van der Waals surface area contributed by atoms with Gasteiger partial charge in [-0.1, -0.05) is 72.3 Å². The monoisotopic (exact) mass is 216 g/mol. The molecular formula is C15H20O. The van der Waals surface area contributed by atoms with Crippen molar-refractivity contribution in [2.45, 2.75) is 6.92 Å². The quantitative estimate of drug-likeness (QED) is 0.648. The molecule has 0 heterocycles. The van der Waals surface area contributed by atoms with Crippen LogP contribution in [-0.4, -0.2) is 14.2 Å². The maximum Gasteiger partial charge on any atom is 0.0351 e. The van der Waals surface area contributed by atoms with E-state index in [2.05, 4.69) is 23.8 Å². The third-order valence-electron chi connectivity index (χ3n) is 1.61. The van der Waals surface area contributed by atoms with Gasteiger partial charge >= 0.3 is 0 Å². The minimum absolute atomic E-state index is 1.32. The molecule has 0 unspecified atom stereocenters. The van der Waals surface area contributed by atoms with E-state index >= 15 is 0 Å². The molecule has 16 heavy (non-hydrogen) atoms. The molecule has 0 N–H and O–H groups in total. The molecule has 86 valence electrons. The van der Waals surface area contributed by atoms with Crippen molar-refractivity contribution in [3.05, 3.63) is 72.3 Å². The van der Waals surface area contributed by atoms with Crippen molar-refractivity contribution in [2.75, 3.05) is 14.2 Å². The molecule has 0 atom stereocenters. The van der Waals surface area contributed by atoms with Crippen molar-refractivity contribution in [1.29, 1.82) is 0 Å². The van der Waals surface area contributed by atoms with Gasteiger partial charge in [0.1, 0.15) is 0 Å². The largest absolute Gasteiger partial charge is 0.388 e. The third-order valence-corrected chi connectivity index (χ3v) is 1.61. The fourth-order valence-corrected chi connectivity index (χ4v) is 0.919. The van der Waals surface area contributed by atoms with Crippen molar-refractivity contribution >= 4 is 0 Å². The van der Waals surface area contributed by atoms with E-state index in [0.717, 1.165) is 0 Å². The number of ether oxygens (including phenoxy) is 1. The van der Waals surface area contributed by atoms with Gasteiger partial charge in [-0.3, -0.25) is 0 Å². The molecule has 1 nitrogen and oxygen atoms in total. The summed E-state index contributed by atoms with van der Waals surface area (Å²) in [5, 5.41) is 0. The molecule has 0 saturated carbocycles. The van der Waals surface area contributed by atoms with Crippen molar-refractivity contribution in [3.8, 4) is 0 Å². The van der Waals surface area contributed by atoms with Gasteiger partial charge in [-0.05, 0) is 6.92 Å². The third kappa shape index (κ3) is 10.5. The van der Waals surface area contributed by atoms with Gasteiger partial charge in [-0.25, -0.2) is 0 Å². The Kier molecular flexibility index (Phi) is 10.3. The van der Waals surface area contributed by atoms with Gasteiger partial charge in [0.15, 0.2) is 0 Å². The van der Waals surface area contributed by atoms with E-state index in [0.29, 0.717) is 0 Å². The molecule has 0 aliphatic rings. The van der Waals surface area contributed by atoms with E-state index < -0.39 is 0 Å². The fourth-order valence-electron chi connectivity index (χ4n) is 0.919. The van der Waals surface area contributed by atoms with Crippen LogP contribution in [0.1, 0.15) is 5.56 Å². The smallest absolute Gasteiger partial charge is 0.0351 e. The molecular weight excluding hydrogens is 196 g/mol. The topological polar surface area (TPSA) is 9.23 Å². The lowest BCUT2D eigenvalue weighted by molar-refractivity contribution is 0.277. The van der Waals surface area contributed by atoms with Gasteiger partial charge < -0.3 is 4.74 Å². The molecule has 0 saturated heterocycles. The Morgan fingerprint density at radius 2 is 0.875 bits per heavy atom. The molecule has 0 amide bonds. The summed E-state index contributed by atoms with van der Waals surface area (Å²) in [6.45, 7) is 2.08. The van der Waals surface area contributed by atoms with Gasteiger partial charge in [-0.2, -0.15) is 0 Å². The lowest BCUT2D eigenvalue weighted by atomic mass is 10.2. The first-order chi connectivity index (χ1) is 7.81. The Bertz CT molecular complexity index is 289. The first-order valence-electron chi connectivity index (χ1n) is 5.23. The Labute approximate surface area is 98.7 Å². The van der Waals surface area contributed by atoms with Crippen molar-refractivity contribution in [3.63, 3.8) is 0 Å². The second kappa shape index (κ2) is 11.5. The SMILES string of the molecule is COC.Cc1ccccc1.c1ccccc1. The van der Waals surface area contributed by atoms with Crippen molar-refractivity contribution < 1.29 is 4.74 Å². The maximum atomic E-state index is 4.25. The van der Waals surface area contributed by atoms with E-state index in [4.69, 9.17) is 0 Å². The summed E-state index contributed by atoms with van der Waals surface area (Å²) in [6, 6.07) is 22.3. The molecule has 0 aliphatic carbocycles. The molecule has 0 aliphatic heterocycles. The van der Waals surface area contributed by atoms with Crippen molar-refractivity contribution in [2.24, 2.45) is 0 Å². The number of benzene rings is 2. The van der Waals surface area contributed by atoms with Crippen LogP contribution < -0.4 is 0 Å². The number of methoxy groups -OCH3 is 1. The zero-order chi connectivity index (χ0) is 12.1. The van der Waals surface area contributed by atoms with Crippen LogP contribution in [0.4, 0.5) is 0 Å². The molecule has 2 aromatic carbocycles. The number of hydrogen-bond acceptors (Lipinski definition) is 1. The lowest BCUT2D eigenvalue weighted by Gasteiger charge is -1.82. The van der Waals surface area contributed by atoms with E-state index in [9.17, 15) is 0 Å². The summed E-state index contributed by atoms with van der Waals surface area (Å²) >= 11 is 0. The zero-order valence-corrected chi connectivity index (χ0v) is 10.3. The summed E-state index contributed by atoms with van der Waals surface area (Å²) < 4.78 is 4.25. The summed E-state index contributed by atoms with van der Waals surface area (Å²) in [4.78, 5) is 0. The molecule has 0 radical (unpaired) electrons. The highest BCUT2D eigenvalue weighted by atomic mass is 16.4. The van der Waals surface area contributed by atoms with Crippen LogP contribution in [0, 0.1) is 6.92 Å². The summed E-state index contributed by atoms with van der Waals surface area (Å²) in [6.07, 6.45) is 0. The minimum Gasteiger partial charge on any atom is -0.388 e. The van der Waals surface area contributed by atoms with Crippen LogP contribution in [0.3, 0.4) is 0 Å². The lowest BCUT2D eigenvalue weighted by Crippen LogP contribution is -1.62. The highest BCUT2D eigenvalue weighted by molar-refractivity contribution is 5.11. The van der Waals surface area contributed by atoms with Crippen LogP contribution in [0.2, 0.25) is 0 Å². The minimum atomic E-state index is 1.32. The Morgan fingerprint density at radius 3 is 1.06 bits per heavy atom. The first-order valence-corrected chi connectivity index (χ1v) is 5.23. The molecule has 0 fully saturated rings. The Hall–Kier alpha value is -1.60. The normalized spacial score (nSPS) is 7.94. The predicted octanol–water partition coefficient (Wildman–Crippen LogP) is 3.94. The van der Waals surface area contributed by atoms with E-state index in [-0.39, 0.29) is 0 Å². The van der Waals surface area contributed by atoms with Crippen LogP contribution in [0.15, 0.2) is 66.7 Å². The Morgan fingerprint density at radius 1 is 0.625 bits per heavy atom. The van der Waals surface area contributed by atoms with Gasteiger partial charge in [0.05, 0.1) is 0 Å². The van der Waals surface area contributed by atoms with Crippen LogP contribution >= 0.6 is 0 Å². The molecule has 1 heteroatoms. The molecule has 2 rings (SSSR count). The second-order valence-corrected chi connectivity index (χ2v) is 3.22. The summed E-state index contributed by atoms with van der Waals surface area (Å²) in [7, 11) is 3.25. The summed E-state index contributed by atoms with van der Waals surface area (Å²) in [5.74, 6) is 0. The highest BCUT2D eigenvalue weighted by Crippen LogP contribution is 1.92. The number of aryl methyl sites for hydroxylation is 1. The van der Waals surface area contributed by atoms with Gasteiger partial charge in [-0.15, -0.1) is 0 Å². The Balaban J connectivity index is 0.000000230. The first kappa shape index (κ1) is 14.4. The molecule has 0 spiro atoms. The molecule has 2 aromatic rings. The van der Waals surface area contributed by atoms with E-state index in [1.165, 1.54) is 5.56 Å². The molecule has 0 bridgehead atoms. The zero-order valence-electron chi connectivity index (χ0n) is 10.3. The summed E-state index contributed by atoms with van der Waals surface area (Å²) in [5.41, 5.74) is 1.32. The average Bonchev–Trinajstić information content (AvgIpc) is 2.34. The molecule has 0 aromatic heterocycles. The van der Waals surface area contributed by atoms with Crippen LogP contribution in [0.25, 0.3) is 0 Å². The number of rotatable bonds is 0. The van der Waals surface area contributed by atoms with E-state index in [1.54, 1.807) is 14.2 Å². The van der Waals surface area contributed by atoms with Crippen molar-refractivity contribution in [1.82, 2.24) is 0 Å².